The van der Waals surface area contributed by atoms with Crippen molar-refractivity contribution in [1.29, 1.82) is 0 Å². The fraction of sp³-hybridized carbons (Fsp3) is 0.895. The number of hydrogen-bond acceptors (Lipinski definition) is 2. The molecule has 0 saturated heterocycles. The number of fused-ring (bicyclic) bond motifs is 5. The third kappa shape index (κ3) is 1.93. The van der Waals surface area contributed by atoms with E-state index in [-0.39, 0.29) is 28.4 Å². The molecule has 2 nitrogen and oxygen atoms in total. The van der Waals surface area contributed by atoms with Gasteiger partial charge in [-0.1, -0.05) is 25.5 Å². The SMILES string of the molecule is C[C@]12CC[C@H]3[C@@H](CC=C4C[C@H](O)CC[C@@]43C)[C@@H]1C[C@@H](Cl)[C@@H]2O. The van der Waals surface area contributed by atoms with Crippen LogP contribution in [0.4, 0.5) is 0 Å². The lowest BCUT2D eigenvalue weighted by atomic mass is 9.48. The maximum atomic E-state index is 10.6. The Balaban J connectivity index is 1.68. The van der Waals surface area contributed by atoms with Gasteiger partial charge in [0, 0.05) is 0 Å². The van der Waals surface area contributed by atoms with Gasteiger partial charge < -0.3 is 10.2 Å². The molecule has 0 heterocycles. The van der Waals surface area contributed by atoms with Crippen molar-refractivity contribution in [2.24, 2.45) is 28.6 Å². The lowest BCUT2D eigenvalue weighted by Crippen LogP contribution is -2.51. The Labute approximate surface area is 138 Å². The Bertz CT molecular complexity index is 504. The van der Waals surface area contributed by atoms with E-state index in [0.717, 1.165) is 38.5 Å². The minimum atomic E-state index is -0.341. The molecule has 0 unspecified atom stereocenters. The van der Waals surface area contributed by atoms with Crippen LogP contribution < -0.4 is 0 Å². The second-order valence-corrected chi connectivity index (χ2v) is 9.46. The maximum Gasteiger partial charge on any atom is 0.0760 e. The fourth-order valence-corrected chi connectivity index (χ4v) is 7.07. The molecule has 0 amide bonds. The van der Waals surface area contributed by atoms with E-state index in [1.165, 1.54) is 12.0 Å². The highest BCUT2D eigenvalue weighted by atomic mass is 35.5. The van der Waals surface area contributed by atoms with Gasteiger partial charge in [0.05, 0.1) is 17.6 Å². The summed E-state index contributed by atoms with van der Waals surface area (Å²) in [5.41, 5.74) is 1.81. The highest BCUT2D eigenvalue weighted by molar-refractivity contribution is 6.21. The second kappa shape index (κ2) is 4.97. The molecular formula is C19H29ClO2. The van der Waals surface area contributed by atoms with Crippen LogP contribution in [-0.2, 0) is 0 Å². The first kappa shape index (κ1) is 15.5. The van der Waals surface area contributed by atoms with Crippen LogP contribution in [0.3, 0.4) is 0 Å². The van der Waals surface area contributed by atoms with E-state index < -0.39 is 0 Å². The zero-order chi connectivity index (χ0) is 15.7. The molecule has 0 aromatic carbocycles. The molecular weight excluding hydrogens is 296 g/mol. The minimum Gasteiger partial charge on any atom is -0.393 e. The summed E-state index contributed by atoms with van der Waals surface area (Å²) >= 11 is 6.45. The summed E-state index contributed by atoms with van der Waals surface area (Å²) < 4.78 is 0. The van der Waals surface area contributed by atoms with E-state index in [1.807, 2.05) is 0 Å². The molecule has 22 heavy (non-hydrogen) atoms. The molecule has 0 spiro atoms. The zero-order valence-electron chi connectivity index (χ0n) is 13.8. The molecule has 0 radical (unpaired) electrons. The number of alkyl halides is 1. The molecule has 3 fully saturated rings. The van der Waals surface area contributed by atoms with Gasteiger partial charge in [0.15, 0.2) is 0 Å². The smallest absolute Gasteiger partial charge is 0.0760 e. The van der Waals surface area contributed by atoms with Gasteiger partial charge >= 0.3 is 0 Å². The van der Waals surface area contributed by atoms with Crippen LogP contribution >= 0.6 is 11.6 Å². The molecule has 4 aliphatic carbocycles. The third-order valence-electron chi connectivity index (χ3n) is 8.01. The van der Waals surface area contributed by atoms with Gasteiger partial charge in [-0.2, -0.15) is 0 Å². The number of rotatable bonds is 0. The van der Waals surface area contributed by atoms with Crippen molar-refractivity contribution in [3.05, 3.63) is 11.6 Å². The monoisotopic (exact) mass is 324 g/mol. The predicted molar refractivity (Wildman–Crippen MR) is 88.7 cm³/mol. The first-order valence-corrected chi connectivity index (χ1v) is 9.49. The average molecular weight is 325 g/mol. The van der Waals surface area contributed by atoms with Crippen LogP contribution in [-0.4, -0.2) is 27.8 Å². The maximum absolute atomic E-state index is 10.6. The Hall–Kier alpha value is -0.0500. The Kier molecular flexibility index (Phi) is 3.50. The Morgan fingerprint density at radius 1 is 1.14 bits per heavy atom. The molecule has 0 aromatic heterocycles. The summed E-state index contributed by atoms with van der Waals surface area (Å²) in [6.07, 6.45) is 9.32. The van der Waals surface area contributed by atoms with Crippen LogP contribution in [0.15, 0.2) is 11.6 Å². The number of aliphatic hydroxyl groups excluding tert-OH is 2. The van der Waals surface area contributed by atoms with E-state index in [1.54, 1.807) is 0 Å². The number of aliphatic hydroxyl groups is 2. The van der Waals surface area contributed by atoms with Crippen LogP contribution in [0.1, 0.15) is 58.8 Å². The van der Waals surface area contributed by atoms with Gasteiger partial charge in [-0.15, -0.1) is 11.6 Å². The Morgan fingerprint density at radius 2 is 1.91 bits per heavy atom. The molecule has 0 bridgehead atoms. The van der Waals surface area contributed by atoms with Crippen molar-refractivity contribution in [3.63, 3.8) is 0 Å². The highest BCUT2D eigenvalue weighted by Crippen LogP contribution is 2.65. The van der Waals surface area contributed by atoms with Crippen molar-refractivity contribution >= 4 is 11.6 Å². The average Bonchev–Trinajstić information content (AvgIpc) is 2.72. The topological polar surface area (TPSA) is 40.5 Å². The van der Waals surface area contributed by atoms with Crippen molar-refractivity contribution in [3.8, 4) is 0 Å². The minimum absolute atomic E-state index is 0.0173. The molecule has 4 rings (SSSR count). The van der Waals surface area contributed by atoms with Crippen LogP contribution in [0.5, 0.6) is 0 Å². The molecule has 0 aliphatic heterocycles. The van der Waals surface area contributed by atoms with E-state index >= 15 is 0 Å². The lowest BCUT2D eigenvalue weighted by molar-refractivity contribution is -0.0709. The van der Waals surface area contributed by atoms with Crippen molar-refractivity contribution in [2.75, 3.05) is 0 Å². The van der Waals surface area contributed by atoms with Gasteiger partial charge in [-0.25, -0.2) is 0 Å². The zero-order valence-corrected chi connectivity index (χ0v) is 14.5. The van der Waals surface area contributed by atoms with Crippen LogP contribution in [0, 0.1) is 28.6 Å². The second-order valence-electron chi connectivity index (χ2n) is 8.90. The standard InChI is InChI=1S/C19H29ClO2/c1-18-7-5-12(21)9-11(18)3-4-13-14(18)6-8-19(2)15(13)10-16(20)17(19)22/h3,12-17,21-22H,4-10H2,1-2H3/t12-,13-,14+,15+,16-,17+,18+,19+/m1/s1. The van der Waals surface area contributed by atoms with Crippen molar-refractivity contribution < 1.29 is 10.2 Å². The number of hydrogen-bond donors (Lipinski definition) is 2. The summed E-state index contributed by atoms with van der Waals surface area (Å²) in [6, 6.07) is 0. The molecule has 3 saturated carbocycles. The first-order valence-electron chi connectivity index (χ1n) is 9.06. The summed E-state index contributed by atoms with van der Waals surface area (Å²) in [5, 5.41) is 20.6. The molecule has 0 aromatic rings. The summed E-state index contributed by atoms with van der Waals surface area (Å²) in [6.45, 7) is 4.71. The molecule has 3 heteroatoms. The molecule has 124 valence electrons. The number of allylic oxidation sites excluding steroid dienone is 1. The van der Waals surface area contributed by atoms with E-state index in [2.05, 4.69) is 19.9 Å². The van der Waals surface area contributed by atoms with Crippen LogP contribution in [0.2, 0.25) is 0 Å². The summed E-state index contributed by atoms with van der Waals surface area (Å²) in [7, 11) is 0. The van der Waals surface area contributed by atoms with Gasteiger partial charge in [0.1, 0.15) is 0 Å². The van der Waals surface area contributed by atoms with Gasteiger partial charge in [-0.05, 0) is 73.5 Å². The lowest BCUT2D eigenvalue weighted by Gasteiger charge is -2.57. The highest BCUT2D eigenvalue weighted by Gasteiger charge is 2.60. The molecule has 2 N–H and O–H groups in total. The Morgan fingerprint density at radius 3 is 2.68 bits per heavy atom. The summed E-state index contributed by atoms with van der Waals surface area (Å²) in [4.78, 5) is 0. The largest absolute Gasteiger partial charge is 0.393 e. The van der Waals surface area contributed by atoms with Crippen molar-refractivity contribution in [2.45, 2.75) is 76.4 Å². The number of halogens is 1. The normalized spacial score (nSPS) is 57.6. The molecule has 4 aliphatic rings. The summed E-state index contributed by atoms with van der Waals surface area (Å²) in [5.74, 6) is 1.94. The fourth-order valence-electron chi connectivity index (χ4n) is 6.59. The van der Waals surface area contributed by atoms with E-state index in [4.69, 9.17) is 11.6 Å². The van der Waals surface area contributed by atoms with E-state index in [0.29, 0.717) is 17.8 Å². The van der Waals surface area contributed by atoms with Gasteiger partial charge in [0.25, 0.3) is 0 Å². The molecule has 8 atom stereocenters. The first-order chi connectivity index (χ1) is 10.4. The predicted octanol–water partition coefficient (Wildman–Crippen LogP) is 3.89. The quantitative estimate of drug-likeness (QED) is 0.524. The third-order valence-corrected chi connectivity index (χ3v) is 8.43. The van der Waals surface area contributed by atoms with Crippen molar-refractivity contribution in [1.82, 2.24) is 0 Å². The van der Waals surface area contributed by atoms with Crippen LogP contribution in [0.25, 0.3) is 0 Å². The van der Waals surface area contributed by atoms with E-state index in [9.17, 15) is 10.2 Å². The van der Waals surface area contributed by atoms with Gasteiger partial charge in [0.2, 0.25) is 0 Å². The van der Waals surface area contributed by atoms with Gasteiger partial charge in [-0.3, -0.25) is 0 Å².